The Morgan fingerprint density at radius 1 is 1.58 bits per heavy atom. The van der Waals surface area contributed by atoms with Gasteiger partial charge < -0.3 is 4.57 Å². The SMILES string of the molecule is Clc1snnc1Cn1ccnc1. The van der Waals surface area contributed by atoms with Gasteiger partial charge in [0.25, 0.3) is 0 Å². The molecule has 0 bridgehead atoms. The van der Waals surface area contributed by atoms with E-state index in [0.29, 0.717) is 10.9 Å². The third kappa shape index (κ3) is 1.46. The minimum absolute atomic E-state index is 0.634. The minimum Gasteiger partial charge on any atom is -0.331 e. The van der Waals surface area contributed by atoms with E-state index < -0.39 is 0 Å². The van der Waals surface area contributed by atoms with Crippen molar-refractivity contribution >= 4 is 23.1 Å². The third-order valence-electron chi connectivity index (χ3n) is 1.40. The fraction of sp³-hybridized carbons (Fsp3) is 0.167. The van der Waals surface area contributed by atoms with E-state index in [1.165, 1.54) is 11.5 Å². The molecule has 0 amide bonds. The number of imidazole rings is 1. The second-order valence-corrected chi connectivity index (χ2v) is 3.58. The van der Waals surface area contributed by atoms with Crippen LogP contribution < -0.4 is 0 Å². The number of aromatic nitrogens is 4. The Morgan fingerprint density at radius 2 is 2.50 bits per heavy atom. The van der Waals surface area contributed by atoms with E-state index in [4.69, 9.17) is 11.6 Å². The minimum atomic E-state index is 0.634. The highest BCUT2D eigenvalue weighted by Gasteiger charge is 2.04. The first-order valence-corrected chi connectivity index (χ1v) is 4.44. The Bertz CT molecular complexity index is 355. The molecule has 0 N–H and O–H groups in total. The first-order chi connectivity index (χ1) is 5.86. The zero-order chi connectivity index (χ0) is 8.39. The maximum Gasteiger partial charge on any atom is 0.139 e. The Labute approximate surface area is 78.0 Å². The van der Waals surface area contributed by atoms with Crippen LogP contribution in [0.5, 0.6) is 0 Å². The van der Waals surface area contributed by atoms with Crippen LogP contribution in [-0.4, -0.2) is 19.1 Å². The number of hydrogen-bond donors (Lipinski definition) is 0. The maximum absolute atomic E-state index is 5.82. The van der Waals surface area contributed by atoms with Crippen LogP contribution >= 0.6 is 23.1 Å². The van der Waals surface area contributed by atoms with Gasteiger partial charge in [0.1, 0.15) is 10.0 Å². The summed E-state index contributed by atoms with van der Waals surface area (Å²) >= 11 is 7.01. The average Bonchev–Trinajstić information content (AvgIpc) is 2.65. The van der Waals surface area contributed by atoms with E-state index in [9.17, 15) is 0 Å². The fourth-order valence-corrected chi connectivity index (χ4v) is 1.46. The number of halogens is 1. The second-order valence-electron chi connectivity index (χ2n) is 2.23. The molecule has 2 aromatic rings. The van der Waals surface area contributed by atoms with Gasteiger partial charge in [-0.15, -0.1) is 5.10 Å². The molecule has 4 nitrogen and oxygen atoms in total. The zero-order valence-corrected chi connectivity index (χ0v) is 7.59. The molecule has 2 rings (SSSR count). The van der Waals surface area contributed by atoms with Crippen LogP contribution in [0.25, 0.3) is 0 Å². The van der Waals surface area contributed by atoms with Crippen LogP contribution in [0.15, 0.2) is 18.7 Å². The Kier molecular flexibility index (Phi) is 2.05. The largest absolute Gasteiger partial charge is 0.331 e. The van der Waals surface area contributed by atoms with Crippen LogP contribution in [0, 0.1) is 0 Å². The lowest BCUT2D eigenvalue weighted by molar-refractivity contribution is 0.768. The molecular weight excluding hydrogens is 196 g/mol. The quantitative estimate of drug-likeness (QED) is 0.737. The lowest BCUT2D eigenvalue weighted by Crippen LogP contribution is -1.96. The molecule has 0 saturated carbocycles. The number of hydrogen-bond acceptors (Lipinski definition) is 4. The highest BCUT2D eigenvalue weighted by Crippen LogP contribution is 2.17. The Balaban J connectivity index is 2.20. The van der Waals surface area contributed by atoms with E-state index in [1.54, 1.807) is 12.5 Å². The first-order valence-electron chi connectivity index (χ1n) is 3.29. The van der Waals surface area contributed by atoms with Crippen molar-refractivity contribution in [3.8, 4) is 0 Å². The lowest BCUT2D eigenvalue weighted by Gasteiger charge is -1.96. The molecule has 0 saturated heterocycles. The molecule has 2 aromatic heterocycles. The Morgan fingerprint density at radius 3 is 3.08 bits per heavy atom. The summed E-state index contributed by atoms with van der Waals surface area (Å²) in [5.74, 6) is 0. The molecule has 0 aromatic carbocycles. The summed E-state index contributed by atoms with van der Waals surface area (Å²) in [6, 6.07) is 0. The molecule has 0 spiro atoms. The molecule has 0 radical (unpaired) electrons. The lowest BCUT2D eigenvalue weighted by atomic mass is 10.5. The van der Waals surface area contributed by atoms with Crippen molar-refractivity contribution in [2.75, 3.05) is 0 Å². The summed E-state index contributed by atoms with van der Waals surface area (Å²) in [5, 5.41) is 3.88. The molecular formula is C6H5ClN4S. The summed E-state index contributed by atoms with van der Waals surface area (Å²) in [7, 11) is 0. The van der Waals surface area contributed by atoms with Crippen molar-refractivity contribution in [2.45, 2.75) is 6.54 Å². The van der Waals surface area contributed by atoms with Gasteiger partial charge in [0, 0.05) is 23.9 Å². The summed E-state index contributed by atoms with van der Waals surface area (Å²) in [5.41, 5.74) is 0.791. The van der Waals surface area contributed by atoms with Gasteiger partial charge in [0.15, 0.2) is 0 Å². The van der Waals surface area contributed by atoms with Gasteiger partial charge in [-0.2, -0.15) is 0 Å². The number of nitrogens with zero attached hydrogens (tertiary/aromatic N) is 4. The van der Waals surface area contributed by atoms with Gasteiger partial charge in [-0.1, -0.05) is 16.1 Å². The van der Waals surface area contributed by atoms with Gasteiger partial charge in [0.05, 0.1) is 12.9 Å². The van der Waals surface area contributed by atoms with Crippen LogP contribution in [-0.2, 0) is 6.54 Å². The van der Waals surface area contributed by atoms with Crippen LogP contribution in [0.1, 0.15) is 5.69 Å². The fourth-order valence-electron chi connectivity index (χ4n) is 0.845. The maximum atomic E-state index is 5.82. The van der Waals surface area contributed by atoms with Crippen LogP contribution in [0.3, 0.4) is 0 Å². The predicted molar refractivity (Wildman–Crippen MR) is 46.2 cm³/mol. The smallest absolute Gasteiger partial charge is 0.139 e. The van der Waals surface area contributed by atoms with Gasteiger partial charge in [-0.3, -0.25) is 0 Å². The van der Waals surface area contributed by atoms with Gasteiger partial charge in [-0.25, -0.2) is 4.98 Å². The van der Waals surface area contributed by atoms with Gasteiger partial charge >= 0.3 is 0 Å². The monoisotopic (exact) mass is 200 g/mol. The van der Waals surface area contributed by atoms with Crippen LogP contribution in [0.4, 0.5) is 0 Å². The summed E-state index contributed by atoms with van der Waals surface area (Å²) < 4.78 is 6.26. The van der Waals surface area contributed by atoms with E-state index in [1.807, 2.05) is 10.8 Å². The van der Waals surface area contributed by atoms with Crippen molar-refractivity contribution in [1.29, 1.82) is 0 Å². The third-order valence-corrected chi connectivity index (χ3v) is 2.39. The zero-order valence-electron chi connectivity index (χ0n) is 6.01. The second kappa shape index (κ2) is 3.20. The van der Waals surface area contributed by atoms with Gasteiger partial charge in [0.2, 0.25) is 0 Å². The molecule has 0 fully saturated rings. The molecule has 0 atom stereocenters. The molecule has 62 valence electrons. The van der Waals surface area contributed by atoms with E-state index >= 15 is 0 Å². The molecule has 0 unspecified atom stereocenters. The van der Waals surface area contributed by atoms with Crippen molar-refractivity contribution in [3.05, 3.63) is 28.8 Å². The molecule has 12 heavy (non-hydrogen) atoms. The average molecular weight is 201 g/mol. The summed E-state index contributed by atoms with van der Waals surface area (Å²) in [4.78, 5) is 3.91. The highest BCUT2D eigenvalue weighted by molar-refractivity contribution is 7.10. The normalized spacial score (nSPS) is 10.4. The van der Waals surface area contributed by atoms with Crippen molar-refractivity contribution in [2.24, 2.45) is 0 Å². The van der Waals surface area contributed by atoms with Gasteiger partial charge in [-0.05, 0) is 0 Å². The molecule has 2 heterocycles. The molecule has 0 aliphatic rings. The van der Waals surface area contributed by atoms with E-state index in [-0.39, 0.29) is 0 Å². The summed E-state index contributed by atoms with van der Waals surface area (Å²) in [6.07, 6.45) is 5.29. The van der Waals surface area contributed by atoms with Crippen molar-refractivity contribution < 1.29 is 0 Å². The highest BCUT2D eigenvalue weighted by atomic mass is 35.5. The van der Waals surface area contributed by atoms with E-state index in [2.05, 4.69) is 14.6 Å². The molecule has 6 heteroatoms. The molecule has 0 aliphatic heterocycles. The first kappa shape index (κ1) is 7.70. The van der Waals surface area contributed by atoms with Crippen molar-refractivity contribution in [3.63, 3.8) is 0 Å². The Hall–Kier alpha value is -0.940. The standard InChI is InChI=1S/C6H5ClN4S/c7-6-5(9-10-12-6)3-11-2-1-8-4-11/h1-2,4H,3H2. The topological polar surface area (TPSA) is 43.6 Å². The van der Waals surface area contributed by atoms with Crippen molar-refractivity contribution in [1.82, 2.24) is 19.1 Å². The summed E-state index contributed by atoms with van der Waals surface area (Å²) in [6.45, 7) is 0.634. The number of rotatable bonds is 2. The van der Waals surface area contributed by atoms with E-state index in [0.717, 1.165) is 5.69 Å². The predicted octanol–water partition coefficient (Wildman–Crippen LogP) is 1.44. The molecule has 0 aliphatic carbocycles. The van der Waals surface area contributed by atoms with Crippen LogP contribution in [0.2, 0.25) is 4.34 Å².